The maximum absolute atomic E-state index is 13.4. The van der Waals surface area contributed by atoms with Crippen molar-refractivity contribution in [1.29, 1.82) is 0 Å². The van der Waals surface area contributed by atoms with E-state index in [1.54, 1.807) is 14.0 Å². The first-order chi connectivity index (χ1) is 7.41. The van der Waals surface area contributed by atoms with Gasteiger partial charge in [-0.3, -0.25) is 4.79 Å². The fraction of sp³-hybridized carbons (Fsp3) is 0.364. The summed E-state index contributed by atoms with van der Waals surface area (Å²) < 4.78 is 13.4. The molecule has 0 radical (unpaired) electrons. The molecule has 88 valence electrons. The standard InChI is InChI=1S/C11H12Cl2FNO/c1-7(12)6-15(2)11(16)9-4-3-8(13)5-10(9)14/h3-5,7H,6H2,1-2H3. The molecule has 1 unspecified atom stereocenters. The normalized spacial score (nSPS) is 12.3. The van der Waals surface area contributed by atoms with Crippen LogP contribution in [0.25, 0.3) is 0 Å². The van der Waals surface area contributed by atoms with Gasteiger partial charge < -0.3 is 4.90 Å². The van der Waals surface area contributed by atoms with Crippen LogP contribution in [0.15, 0.2) is 18.2 Å². The van der Waals surface area contributed by atoms with Gasteiger partial charge in [0.2, 0.25) is 0 Å². The highest BCUT2D eigenvalue weighted by Gasteiger charge is 2.17. The minimum absolute atomic E-state index is 0.00390. The molecule has 1 aromatic rings. The second-order valence-electron chi connectivity index (χ2n) is 3.59. The van der Waals surface area contributed by atoms with Gasteiger partial charge in [-0.15, -0.1) is 11.6 Å². The average Bonchev–Trinajstić information content (AvgIpc) is 2.15. The van der Waals surface area contributed by atoms with Crippen LogP contribution in [0.1, 0.15) is 17.3 Å². The molecule has 1 amide bonds. The molecule has 1 rings (SSSR count). The largest absolute Gasteiger partial charge is 0.340 e. The van der Waals surface area contributed by atoms with E-state index < -0.39 is 11.7 Å². The van der Waals surface area contributed by atoms with Crippen LogP contribution < -0.4 is 0 Å². The number of benzene rings is 1. The molecule has 0 aliphatic heterocycles. The highest BCUT2D eigenvalue weighted by atomic mass is 35.5. The number of halogens is 3. The minimum atomic E-state index is -0.619. The van der Waals surface area contributed by atoms with Crippen molar-refractivity contribution < 1.29 is 9.18 Å². The predicted molar refractivity (Wildman–Crippen MR) is 63.7 cm³/mol. The topological polar surface area (TPSA) is 20.3 Å². The molecule has 1 aromatic carbocycles. The summed E-state index contributed by atoms with van der Waals surface area (Å²) in [6.45, 7) is 2.13. The van der Waals surface area contributed by atoms with E-state index in [0.717, 1.165) is 6.07 Å². The Labute approximate surface area is 104 Å². The molecular formula is C11H12Cl2FNO. The van der Waals surface area contributed by atoms with Crippen LogP contribution in [0.3, 0.4) is 0 Å². The van der Waals surface area contributed by atoms with Gasteiger partial charge in [-0.1, -0.05) is 11.6 Å². The van der Waals surface area contributed by atoms with E-state index in [0.29, 0.717) is 6.54 Å². The monoisotopic (exact) mass is 263 g/mol. The lowest BCUT2D eigenvalue weighted by Crippen LogP contribution is -2.31. The first-order valence-electron chi connectivity index (χ1n) is 4.76. The minimum Gasteiger partial charge on any atom is -0.340 e. The van der Waals surface area contributed by atoms with Gasteiger partial charge in [0.1, 0.15) is 5.82 Å². The Balaban J connectivity index is 2.88. The Kier molecular flexibility index (Phi) is 4.56. The number of carbonyl (C=O) groups is 1. The number of nitrogens with zero attached hydrogens (tertiary/aromatic N) is 1. The van der Waals surface area contributed by atoms with Crippen LogP contribution in [0.2, 0.25) is 5.02 Å². The lowest BCUT2D eigenvalue weighted by Gasteiger charge is -2.18. The second-order valence-corrected chi connectivity index (χ2v) is 4.77. The predicted octanol–water partition coefficient (Wildman–Crippen LogP) is 3.18. The van der Waals surface area contributed by atoms with Gasteiger partial charge in [0.25, 0.3) is 5.91 Å². The Morgan fingerprint density at radius 1 is 1.56 bits per heavy atom. The van der Waals surface area contributed by atoms with E-state index in [4.69, 9.17) is 23.2 Å². The van der Waals surface area contributed by atoms with E-state index in [-0.39, 0.29) is 16.0 Å². The van der Waals surface area contributed by atoms with Crippen LogP contribution in [-0.4, -0.2) is 29.8 Å². The number of alkyl halides is 1. The smallest absolute Gasteiger partial charge is 0.256 e. The maximum Gasteiger partial charge on any atom is 0.256 e. The molecule has 0 aromatic heterocycles. The molecule has 0 spiro atoms. The van der Waals surface area contributed by atoms with E-state index >= 15 is 0 Å². The Bertz CT molecular complexity index is 396. The average molecular weight is 264 g/mol. The number of amides is 1. The van der Waals surface area contributed by atoms with Gasteiger partial charge in [-0.25, -0.2) is 4.39 Å². The number of hydrogen-bond acceptors (Lipinski definition) is 1. The summed E-state index contributed by atoms with van der Waals surface area (Å²) in [6, 6.07) is 3.97. The van der Waals surface area contributed by atoms with Crippen molar-refractivity contribution in [1.82, 2.24) is 4.90 Å². The Hall–Kier alpha value is -0.800. The Morgan fingerprint density at radius 3 is 2.69 bits per heavy atom. The van der Waals surface area contributed by atoms with Crippen LogP contribution >= 0.6 is 23.2 Å². The fourth-order valence-electron chi connectivity index (χ4n) is 1.33. The number of carbonyl (C=O) groups excluding carboxylic acids is 1. The van der Waals surface area contributed by atoms with Gasteiger partial charge in [0, 0.05) is 24.0 Å². The molecule has 0 N–H and O–H groups in total. The van der Waals surface area contributed by atoms with Crippen LogP contribution in [0.5, 0.6) is 0 Å². The van der Waals surface area contributed by atoms with Crippen molar-refractivity contribution in [2.24, 2.45) is 0 Å². The molecule has 0 saturated carbocycles. The molecular weight excluding hydrogens is 252 g/mol. The first-order valence-corrected chi connectivity index (χ1v) is 5.58. The quantitative estimate of drug-likeness (QED) is 0.768. The molecule has 0 bridgehead atoms. The second kappa shape index (κ2) is 5.51. The summed E-state index contributed by atoms with van der Waals surface area (Å²) >= 11 is 11.4. The summed E-state index contributed by atoms with van der Waals surface area (Å²) in [7, 11) is 1.58. The third-order valence-electron chi connectivity index (χ3n) is 2.03. The van der Waals surface area contributed by atoms with Gasteiger partial charge in [-0.2, -0.15) is 0 Å². The van der Waals surface area contributed by atoms with Crippen molar-refractivity contribution in [2.75, 3.05) is 13.6 Å². The molecule has 2 nitrogen and oxygen atoms in total. The number of hydrogen-bond donors (Lipinski definition) is 0. The zero-order valence-corrected chi connectivity index (χ0v) is 10.5. The zero-order chi connectivity index (χ0) is 12.3. The number of rotatable bonds is 3. The lowest BCUT2D eigenvalue weighted by molar-refractivity contribution is 0.0791. The molecule has 5 heteroatoms. The van der Waals surface area contributed by atoms with E-state index in [2.05, 4.69) is 0 Å². The summed E-state index contributed by atoms with van der Waals surface area (Å²) in [6.07, 6.45) is 0. The first kappa shape index (κ1) is 13.3. The van der Waals surface area contributed by atoms with Crippen molar-refractivity contribution in [2.45, 2.75) is 12.3 Å². The molecule has 0 heterocycles. The summed E-state index contributed by atoms with van der Waals surface area (Å²) in [5.41, 5.74) is 0.00390. The van der Waals surface area contributed by atoms with Crippen LogP contribution in [-0.2, 0) is 0 Å². The SMILES string of the molecule is CC(Cl)CN(C)C(=O)c1ccc(Cl)cc1F. The van der Waals surface area contributed by atoms with Gasteiger partial charge in [-0.05, 0) is 25.1 Å². The molecule has 0 fully saturated rings. The van der Waals surface area contributed by atoms with Crippen molar-refractivity contribution in [3.63, 3.8) is 0 Å². The zero-order valence-electron chi connectivity index (χ0n) is 9.01. The van der Waals surface area contributed by atoms with E-state index in [1.807, 2.05) is 0 Å². The van der Waals surface area contributed by atoms with E-state index in [1.165, 1.54) is 17.0 Å². The molecule has 0 aliphatic rings. The van der Waals surface area contributed by atoms with Gasteiger partial charge in [0.05, 0.1) is 5.56 Å². The molecule has 0 aliphatic carbocycles. The van der Waals surface area contributed by atoms with Crippen molar-refractivity contribution >= 4 is 29.1 Å². The summed E-state index contributed by atoms with van der Waals surface area (Å²) in [5.74, 6) is -1.02. The van der Waals surface area contributed by atoms with Crippen molar-refractivity contribution in [3.05, 3.63) is 34.6 Å². The summed E-state index contributed by atoms with van der Waals surface area (Å²) in [5, 5.41) is 0.0896. The molecule has 0 saturated heterocycles. The van der Waals surface area contributed by atoms with Crippen LogP contribution in [0.4, 0.5) is 4.39 Å². The van der Waals surface area contributed by atoms with Gasteiger partial charge >= 0.3 is 0 Å². The van der Waals surface area contributed by atoms with Crippen LogP contribution in [0, 0.1) is 5.82 Å². The fourth-order valence-corrected chi connectivity index (χ4v) is 1.69. The molecule has 16 heavy (non-hydrogen) atoms. The van der Waals surface area contributed by atoms with E-state index in [9.17, 15) is 9.18 Å². The van der Waals surface area contributed by atoms with Crippen molar-refractivity contribution in [3.8, 4) is 0 Å². The summed E-state index contributed by atoms with van der Waals surface area (Å²) in [4.78, 5) is 13.2. The third-order valence-corrected chi connectivity index (χ3v) is 2.41. The highest BCUT2D eigenvalue weighted by molar-refractivity contribution is 6.30. The Morgan fingerprint density at radius 2 is 2.19 bits per heavy atom. The molecule has 1 atom stereocenters. The third kappa shape index (κ3) is 3.35. The highest BCUT2D eigenvalue weighted by Crippen LogP contribution is 2.16. The van der Waals surface area contributed by atoms with Gasteiger partial charge in [0.15, 0.2) is 0 Å². The maximum atomic E-state index is 13.4. The lowest BCUT2D eigenvalue weighted by atomic mass is 10.2.